The van der Waals surface area contributed by atoms with E-state index in [0.717, 1.165) is 16.2 Å². The second-order valence-corrected chi connectivity index (χ2v) is 3.97. The molecule has 0 aromatic heterocycles. The van der Waals surface area contributed by atoms with E-state index in [9.17, 15) is 5.21 Å². The fourth-order valence-electron chi connectivity index (χ4n) is 1.51. The fourth-order valence-corrected chi connectivity index (χ4v) is 1.51. The molecule has 0 spiro atoms. The van der Waals surface area contributed by atoms with Gasteiger partial charge in [0.15, 0.2) is 0 Å². The van der Waals surface area contributed by atoms with Crippen LogP contribution in [-0.2, 0) is 5.21 Å². The SMILES string of the molecule is Cc1ccc(N([O])c2ccc(C)cc2)cc1. The minimum atomic E-state index is 0.662. The summed E-state index contributed by atoms with van der Waals surface area (Å²) >= 11 is 0. The van der Waals surface area contributed by atoms with E-state index >= 15 is 0 Å². The first kappa shape index (κ1) is 10.7. The van der Waals surface area contributed by atoms with Crippen molar-refractivity contribution in [2.75, 3.05) is 5.06 Å². The van der Waals surface area contributed by atoms with E-state index in [1.165, 1.54) is 0 Å². The summed E-state index contributed by atoms with van der Waals surface area (Å²) in [4.78, 5) is 0. The second-order valence-electron chi connectivity index (χ2n) is 3.97. The van der Waals surface area contributed by atoms with Crippen molar-refractivity contribution < 1.29 is 5.21 Å². The molecule has 0 atom stereocenters. The molecule has 81 valence electrons. The summed E-state index contributed by atoms with van der Waals surface area (Å²) in [5, 5.41) is 12.9. The van der Waals surface area contributed by atoms with Gasteiger partial charge in [-0.3, -0.25) is 0 Å². The van der Waals surface area contributed by atoms with Crippen LogP contribution in [0.4, 0.5) is 11.4 Å². The molecule has 0 saturated carbocycles. The van der Waals surface area contributed by atoms with E-state index in [2.05, 4.69) is 0 Å². The third-order valence-electron chi connectivity index (χ3n) is 2.54. The highest BCUT2D eigenvalue weighted by atomic mass is 16.5. The molecule has 0 aliphatic heterocycles. The molecule has 2 nitrogen and oxygen atoms in total. The van der Waals surface area contributed by atoms with Crippen LogP contribution < -0.4 is 5.06 Å². The van der Waals surface area contributed by atoms with Gasteiger partial charge < -0.3 is 0 Å². The monoisotopic (exact) mass is 212 g/mol. The highest BCUT2D eigenvalue weighted by Crippen LogP contribution is 2.23. The predicted molar refractivity (Wildman–Crippen MR) is 65.2 cm³/mol. The Labute approximate surface area is 95.7 Å². The maximum atomic E-state index is 12.0. The van der Waals surface area contributed by atoms with Gasteiger partial charge in [-0.25, -0.2) is 0 Å². The first-order valence-corrected chi connectivity index (χ1v) is 5.27. The van der Waals surface area contributed by atoms with Crippen molar-refractivity contribution in [3.05, 3.63) is 59.7 Å². The van der Waals surface area contributed by atoms with E-state index in [0.29, 0.717) is 11.4 Å². The van der Waals surface area contributed by atoms with E-state index in [1.54, 1.807) is 0 Å². The topological polar surface area (TPSA) is 23.1 Å². The third-order valence-corrected chi connectivity index (χ3v) is 2.54. The molecule has 0 aliphatic rings. The van der Waals surface area contributed by atoms with Crippen molar-refractivity contribution in [1.82, 2.24) is 0 Å². The zero-order valence-corrected chi connectivity index (χ0v) is 9.47. The summed E-state index contributed by atoms with van der Waals surface area (Å²) in [5.41, 5.74) is 3.63. The predicted octanol–water partition coefficient (Wildman–Crippen LogP) is 3.79. The number of nitrogens with zero attached hydrogens (tertiary/aromatic N) is 1. The van der Waals surface area contributed by atoms with Crippen LogP contribution in [0.2, 0.25) is 0 Å². The Balaban J connectivity index is 2.28. The molecule has 1 radical (unpaired) electrons. The molecule has 0 N–H and O–H groups in total. The Morgan fingerprint density at radius 1 is 0.688 bits per heavy atom. The number of anilines is 2. The molecule has 2 heteroatoms. The van der Waals surface area contributed by atoms with Crippen molar-refractivity contribution in [2.24, 2.45) is 0 Å². The third kappa shape index (κ3) is 2.23. The molecule has 16 heavy (non-hydrogen) atoms. The minimum Gasteiger partial charge on any atom is -0.188 e. The molecule has 0 saturated heterocycles. The molecule has 0 fully saturated rings. The summed E-state index contributed by atoms with van der Waals surface area (Å²) < 4.78 is 0. The Bertz CT molecular complexity index is 414. The van der Waals surface area contributed by atoms with Crippen LogP contribution in [0.15, 0.2) is 48.5 Å². The van der Waals surface area contributed by atoms with Gasteiger partial charge in [0.25, 0.3) is 0 Å². The maximum Gasteiger partial charge on any atom is 0.0726 e. The molecule has 0 unspecified atom stereocenters. The molecular weight excluding hydrogens is 198 g/mol. The standard InChI is InChI=1S/C14H14NO/c1-11-3-7-13(8-4-11)15(16)14-9-5-12(2)6-10-14/h3-10H,1-2H3. The highest BCUT2D eigenvalue weighted by Gasteiger charge is 2.06. The van der Waals surface area contributed by atoms with Crippen molar-refractivity contribution in [3.8, 4) is 0 Å². The molecular formula is C14H14NO. The van der Waals surface area contributed by atoms with Crippen molar-refractivity contribution in [2.45, 2.75) is 13.8 Å². The zero-order chi connectivity index (χ0) is 11.5. The lowest BCUT2D eigenvalue weighted by Crippen LogP contribution is -2.07. The molecule has 0 amide bonds. The van der Waals surface area contributed by atoms with E-state index in [4.69, 9.17) is 0 Å². The molecule has 0 bridgehead atoms. The zero-order valence-electron chi connectivity index (χ0n) is 9.47. The van der Waals surface area contributed by atoms with Crippen LogP contribution in [-0.4, -0.2) is 0 Å². The summed E-state index contributed by atoms with van der Waals surface area (Å²) in [6.07, 6.45) is 0. The highest BCUT2D eigenvalue weighted by molar-refractivity contribution is 5.60. The van der Waals surface area contributed by atoms with Gasteiger partial charge in [0, 0.05) is 0 Å². The van der Waals surface area contributed by atoms with Crippen molar-refractivity contribution in [3.63, 3.8) is 0 Å². The molecule has 0 heterocycles. The normalized spacial score (nSPS) is 10.2. The molecule has 2 aromatic carbocycles. The smallest absolute Gasteiger partial charge is 0.0726 e. The molecule has 0 aliphatic carbocycles. The number of rotatable bonds is 2. The van der Waals surface area contributed by atoms with Crippen LogP contribution in [0.25, 0.3) is 0 Å². The van der Waals surface area contributed by atoms with E-state index < -0.39 is 0 Å². The number of aryl methyl sites for hydroxylation is 2. The van der Waals surface area contributed by atoms with Crippen LogP contribution >= 0.6 is 0 Å². The molecule has 2 rings (SSSR count). The lowest BCUT2D eigenvalue weighted by Gasteiger charge is -2.14. The van der Waals surface area contributed by atoms with E-state index in [-0.39, 0.29) is 0 Å². The van der Waals surface area contributed by atoms with Crippen molar-refractivity contribution >= 4 is 11.4 Å². The van der Waals surface area contributed by atoms with Gasteiger partial charge in [-0.15, -0.1) is 0 Å². The fraction of sp³-hybridized carbons (Fsp3) is 0.143. The lowest BCUT2D eigenvalue weighted by molar-refractivity contribution is 0.196. The second kappa shape index (κ2) is 4.37. The summed E-state index contributed by atoms with van der Waals surface area (Å²) in [7, 11) is 0. The Kier molecular flexibility index (Phi) is 2.93. The Hall–Kier alpha value is -1.80. The van der Waals surface area contributed by atoms with Gasteiger partial charge in [-0.1, -0.05) is 40.6 Å². The van der Waals surface area contributed by atoms with Gasteiger partial charge in [0.1, 0.15) is 0 Å². The molecule has 2 aromatic rings. The first-order chi connectivity index (χ1) is 7.66. The number of hydrogen-bond acceptors (Lipinski definition) is 1. The average Bonchev–Trinajstić information content (AvgIpc) is 2.30. The van der Waals surface area contributed by atoms with Gasteiger partial charge in [-0.2, -0.15) is 5.06 Å². The Morgan fingerprint density at radius 3 is 1.31 bits per heavy atom. The summed E-state index contributed by atoms with van der Waals surface area (Å²) in [6, 6.07) is 15.1. The van der Waals surface area contributed by atoms with Crippen LogP contribution in [0.5, 0.6) is 0 Å². The van der Waals surface area contributed by atoms with Gasteiger partial charge >= 0.3 is 0 Å². The Morgan fingerprint density at radius 2 is 1.00 bits per heavy atom. The summed E-state index contributed by atoms with van der Waals surface area (Å²) in [6.45, 7) is 4.01. The quantitative estimate of drug-likeness (QED) is 0.694. The average molecular weight is 212 g/mol. The van der Waals surface area contributed by atoms with Gasteiger partial charge in [0.05, 0.1) is 11.4 Å². The maximum absolute atomic E-state index is 12.0. The first-order valence-electron chi connectivity index (χ1n) is 5.27. The van der Waals surface area contributed by atoms with Gasteiger partial charge in [-0.05, 0) is 38.1 Å². The summed E-state index contributed by atoms with van der Waals surface area (Å²) in [5.74, 6) is 0. The number of hydrogen-bond donors (Lipinski definition) is 0. The van der Waals surface area contributed by atoms with Crippen molar-refractivity contribution in [1.29, 1.82) is 0 Å². The van der Waals surface area contributed by atoms with Crippen LogP contribution in [0, 0.1) is 13.8 Å². The largest absolute Gasteiger partial charge is 0.188 e. The lowest BCUT2D eigenvalue weighted by atomic mass is 10.2. The van der Waals surface area contributed by atoms with E-state index in [1.807, 2.05) is 62.4 Å². The minimum absolute atomic E-state index is 0.662. The number of benzene rings is 2. The van der Waals surface area contributed by atoms with Crippen LogP contribution in [0.3, 0.4) is 0 Å². The van der Waals surface area contributed by atoms with Crippen LogP contribution in [0.1, 0.15) is 11.1 Å². The van der Waals surface area contributed by atoms with Gasteiger partial charge in [0.2, 0.25) is 0 Å².